The molecule has 0 unspecified atom stereocenters. The van der Waals surface area contributed by atoms with Gasteiger partial charge in [-0.05, 0) is 51.2 Å². The molecule has 2 heterocycles. The van der Waals surface area contributed by atoms with Gasteiger partial charge in [0.15, 0.2) is 17.5 Å². The number of hydrogen-bond acceptors (Lipinski definition) is 4. The zero-order valence-electron chi connectivity index (χ0n) is 30.9. The fourth-order valence-electron chi connectivity index (χ4n) is 5.97. The monoisotopic (exact) mass is 607 g/mol. The molecule has 0 aliphatic heterocycles. The third-order valence-electron chi connectivity index (χ3n) is 8.25. The van der Waals surface area contributed by atoms with E-state index in [1.807, 2.05) is 97.1 Å². The normalized spacial score (nSPS) is 13.2. The number of aromatic nitrogens is 3. The zero-order valence-corrected chi connectivity index (χ0v) is 24.9. The van der Waals surface area contributed by atoms with Crippen molar-refractivity contribution in [3.63, 3.8) is 0 Å². The highest BCUT2D eigenvalue weighted by atomic mass is 16.3. The van der Waals surface area contributed by atoms with Crippen LogP contribution in [-0.2, 0) is 0 Å². The molecule has 0 aliphatic carbocycles. The molecule has 4 heteroatoms. The minimum atomic E-state index is -0.425. The molecule has 9 rings (SSSR count). The molecule has 0 bridgehead atoms. The average Bonchev–Trinajstić information content (AvgIpc) is 3.59. The molecule has 0 radical (unpaired) electrons. The van der Waals surface area contributed by atoms with Crippen LogP contribution in [0.3, 0.4) is 0 Å². The van der Waals surface area contributed by atoms with Crippen molar-refractivity contribution in [3.05, 3.63) is 164 Å². The first-order valence-electron chi connectivity index (χ1n) is 18.2. The third-order valence-corrected chi connectivity index (χ3v) is 8.25. The van der Waals surface area contributed by atoms with E-state index in [-0.39, 0.29) is 57.9 Å². The van der Waals surface area contributed by atoms with E-state index in [1.54, 1.807) is 24.3 Å². The van der Waals surface area contributed by atoms with Crippen molar-refractivity contribution < 1.29 is 12.6 Å². The number of furan rings is 1. The average molecular weight is 608 g/mol. The SMILES string of the molecule is [2H]c1c([2H])c(-c2nc(-c3ccccc3)nc(-c3ccc(-c4cccc5oc6ccccc6c45)cc3)n2)c2c([2H])c([2H])c(-c3ccccc3)c([2H])c2c1[2H]. The second-order valence-corrected chi connectivity index (χ2v) is 11.1. The van der Waals surface area contributed by atoms with Crippen LogP contribution in [0.1, 0.15) is 8.22 Å². The van der Waals surface area contributed by atoms with Crippen LogP contribution in [-0.4, -0.2) is 15.0 Å². The van der Waals surface area contributed by atoms with Crippen LogP contribution >= 0.6 is 0 Å². The molecule has 4 nitrogen and oxygen atoms in total. The van der Waals surface area contributed by atoms with Crippen molar-refractivity contribution in [2.24, 2.45) is 0 Å². The Hall–Kier alpha value is -6.39. The quantitative estimate of drug-likeness (QED) is 0.195. The molecule has 7 aromatic carbocycles. The maximum absolute atomic E-state index is 9.19. The van der Waals surface area contributed by atoms with E-state index < -0.39 is 6.04 Å². The van der Waals surface area contributed by atoms with E-state index in [2.05, 4.69) is 6.07 Å². The van der Waals surface area contributed by atoms with Gasteiger partial charge in [0.05, 0.1) is 8.22 Å². The van der Waals surface area contributed by atoms with Gasteiger partial charge >= 0.3 is 0 Å². The molecule has 0 spiro atoms. The maximum Gasteiger partial charge on any atom is 0.164 e. The minimum Gasteiger partial charge on any atom is -0.456 e. The highest BCUT2D eigenvalue weighted by Gasteiger charge is 2.16. The smallest absolute Gasteiger partial charge is 0.164 e. The van der Waals surface area contributed by atoms with Crippen LogP contribution in [0.15, 0.2) is 168 Å². The fraction of sp³-hybridized carbons (Fsp3) is 0. The lowest BCUT2D eigenvalue weighted by atomic mass is 9.98. The molecule has 0 atom stereocenters. The Morgan fingerprint density at radius 3 is 1.85 bits per heavy atom. The fourth-order valence-corrected chi connectivity index (χ4v) is 5.97. The number of rotatable bonds is 5. The van der Waals surface area contributed by atoms with Gasteiger partial charge in [-0.2, -0.15) is 0 Å². The molecule has 0 saturated heterocycles. The van der Waals surface area contributed by atoms with Crippen molar-refractivity contribution in [1.82, 2.24) is 15.0 Å². The zero-order chi connectivity index (χ0) is 36.4. The van der Waals surface area contributed by atoms with Crippen LogP contribution in [0.2, 0.25) is 0 Å². The van der Waals surface area contributed by atoms with Gasteiger partial charge in [-0.15, -0.1) is 0 Å². The van der Waals surface area contributed by atoms with E-state index >= 15 is 0 Å². The van der Waals surface area contributed by atoms with Crippen LogP contribution in [0, 0.1) is 0 Å². The predicted molar refractivity (Wildman–Crippen MR) is 192 cm³/mol. The molecule has 0 saturated carbocycles. The van der Waals surface area contributed by atoms with Crippen molar-refractivity contribution >= 4 is 32.7 Å². The summed E-state index contributed by atoms with van der Waals surface area (Å²) in [4.78, 5) is 14.5. The van der Waals surface area contributed by atoms with Crippen LogP contribution < -0.4 is 0 Å². The number of benzene rings is 7. The molecule has 0 amide bonds. The maximum atomic E-state index is 9.19. The summed E-state index contributed by atoms with van der Waals surface area (Å²) >= 11 is 0. The topological polar surface area (TPSA) is 51.8 Å². The summed E-state index contributed by atoms with van der Waals surface area (Å²) in [5.41, 5.74) is 5.67. The predicted octanol–water partition coefficient (Wildman–Crippen LogP) is 11.3. The Morgan fingerprint density at radius 1 is 0.426 bits per heavy atom. The van der Waals surface area contributed by atoms with Gasteiger partial charge in [-0.3, -0.25) is 0 Å². The Balaban J connectivity index is 1.26. The second kappa shape index (κ2) is 11.2. The van der Waals surface area contributed by atoms with E-state index in [0.717, 1.165) is 33.1 Å². The number of nitrogens with zero attached hydrogens (tertiary/aromatic N) is 3. The molecule has 0 fully saturated rings. The van der Waals surface area contributed by atoms with Gasteiger partial charge in [0.25, 0.3) is 0 Å². The van der Waals surface area contributed by atoms with Crippen molar-refractivity contribution in [2.75, 3.05) is 0 Å². The first-order chi connectivity index (χ1) is 25.8. The lowest BCUT2D eigenvalue weighted by molar-refractivity contribution is 0.669. The number of hydrogen-bond donors (Lipinski definition) is 0. The first-order valence-corrected chi connectivity index (χ1v) is 15.2. The van der Waals surface area contributed by atoms with E-state index in [4.69, 9.17) is 24.9 Å². The largest absolute Gasteiger partial charge is 0.456 e. The van der Waals surface area contributed by atoms with Crippen molar-refractivity contribution in [2.45, 2.75) is 0 Å². The van der Waals surface area contributed by atoms with E-state index in [9.17, 15) is 2.74 Å². The lowest BCUT2D eigenvalue weighted by Crippen LogP contribution is -2.00. The highest BCUT2D eigenvalue weighted by Crippen LogP contribution is 2.37. The first kappa shape index (κ1) is 21.4. The molecule has 9 aromatic rings. The molecule has 2 aromatic heterocycles. The Kier molecular flexibility index (Phi) is 5.09. The summed E-state index contributed by atoms with van der Waals surface area (Å²) < 4.78 is 60.2. The Labute approximate surface area is 280 Å². The summed E-state index contributed by atoms with van der Waals surface area (Å²) in [5, 5.41) is 2.05. The standard InChI is InChI=1S/C43H27N3O/c1-3-11-28(12-4-1)32-25-26-34-33(27-32)15-9-18-36(34)43-45-41(30-13-5-2-6-14-30)44-42(46-43)31-23-21-29(22-24-31)35-17-10-20-39-40(35)37-16-7-8-19-38(37)47-39/h1-27H/i9D,15D,18D,25D,26D,27D. The van der Waals surface area contributed by atoms with Crippen LogP contribution in [0.4, 0.5) is 0 Å². The summed E-state index contributed by atoms with van der Waals surface area (Å²) in [7, 11) is 0. The lowest BCUT2D eigenvalue weighted by Gasteiger charge is -2.12. The number of fused-ring (bicyclic) bond motifs is 4. The third kappa shape index (κ3) is 4.84. The molecular formula is C43H27N3O. The summed E-state index contributed by atoms with van der Waals surface area (Å²) in [6.45, 7) is 0. The molecule has 0 N–H and O–H groups in total. The van der Waals surface area contributed by atoms with Gasteiger partial charge in [0, 0.05) is 27.5 Å². The van der Waals surface area contributed by atoms with Gasteiger partial charge in [0.2, 0.25) is 0 Å². The van der Waals surface area contributed by atoms with Crippen LogP contribution in [0.25, 0.3) is 89.1 Å². The van der Waals surface area contributed by atoms with E-state index in [0.29, 0.717) is 28.3 Å². The van der Waals surface area contributed by atoms with Crippen molar-refractivity contribution in [3.8, 4) is 56.4 Å². The molecular weight excluding hydrogens is 574 g/mol. The van der Waals surface area contributed by atoms with Crippen molar-refractivity contribution in [1.29, 1.82) is 0 Å². The summed E-state index contributed by atoms with van der Waals surface area (Å²) in [6.07, 6.45) is 0. The van der Waals surface area contributed by atoms with E-state index in [1.165, 1.54) is 0 Å². The van der Waals surface area contributed by atoms with Gasteiger partial charge in [-0.25, -0.2) is 15.0 Å². The molecule has 0 aliphatic rings. The molecule has 47 heavy (non-hydrogen) atoms. The number of para-hydroxylation sites is 1. The van der Waals surface area contributed by atoms with Gasteiger partial charge < -0.3 is 4.42 Å². The Bertz CT molecular complexity index is 2900. The Morgan fingerprint density at radius 2 is 1.06 bits per heavy atom. The molecule has 220 valence electrons. The summed E-state index contributed by atoms with van der Waals surface area (Å²) in [5.74, 6) is 0.616. The van der Waals surface area contributed by atoms with Crippen LogP contribution in [0.5, 0.6) is 0 Å². The minimum absolute atomic E-state index is 0.00331. The van der Waals surface area contributed by atoms with Gasteiger partial charge in [-0.1, -0.05) is 145 Å². The summed E-state index contributed by atoms with van der Waals surface area (Å²) in [6, 6.07) is 38.1. The van der Waals surface area contributed by atoms with Gasteiger partial charge in [0.1, 0.15) is 11.2 Å². The second-order valence-electron chi connectivity index (χ2n) is 11.1. The highest BCUT2D eigenvalue weighted by molar-refractivity contribution is 6.12.